The third-order valence-electron chi connectivity index (χ3n) is 2.37. The molecule has 0 saturated heterocycles. The molecule has 0 atom stereocenters. The molecule has 0 aliphatic carbocycles. The minimum atomic E-state index is 0.448. The van der Waals surface area contributed by atoms with E-state index in [1.807, 2.05) is 43.3 Å². The number of hydrazone groups is 1. The lowest BCUT2D eigenvalue weighted by atomic mass is 10.2. The van der Waals surface area contributed by atoms with E-state index in [0.29, 0.717) is 5.11 Å². The first kappa shape index (κ1) is 13.2. The Bertz CT molecular complexity index is 564. The standard InChI is InChI=1S/C14H14N4S/c1-11-4-6-13(7-5-11)17-14(19)18-16-10-12-3-2-8-15-9-12/h2-10H,1H3,(H2,17,18,19). The molecule has 5 heteroatoms. The first-order chi connectivity index (χ1) is 9.24. The Hall–Kier alpha value is -2.27. The predicted octanol–water partition coefficient (Wildman–Crippen LogP) is 2.71. The van der Waals surface area contributed by atoms with E-state index in [2.05, 4.69) is 20.8 Å². The van der Waals surface area contributed by atoms with Crippen LogP contribution in [0.2, 0.25) is 0 Å². The summed E-state index contributed by atoms with van der Waals surface area (Å²) in [6.07, 6.45) is 5.10. The minimum Gasteiger partial charge on any atom is -0.331 e. The third kappa shape index (κ3) is 4.48. The molecule has 0 fully saturated rings. The molecule has 1 aromatic heterocycles. The highest BCUT2D eigenvalue weighted by Gasteiger charge is 1.95. The first-order valence-corrected chi connectivity index (χ1v) is 6.21. The highest BCUT2D eigenvalue weighted by Crippen LogP contribution is 2.07. The Labute approximate surface area is 117 Å². The van der Waals surface area contributed by atoms with Gasteiger partial charge in [-0.15, -0.1) is 0 Å². The summed E-state index contributed by atoms with van der Waals surface area (Å²) >= 11 is 5.13. The Kier molecular flexibility index (Phi) is 4.58. The van der Waals surface area contributed by atoms with Crippen molar-refractivity contribution in [1.82, 2.24) is 10.4 Å². The number of anilines is 1. The number of thiocarbonyl (C=S) groups is 1. The number of nitrogens with zero attached hydrogens (tertiary/aromatic N) is 2. The van der Waals surface area contributed by atoms with Crippen molar-refractivity contribution in [2.45, 2.75) is 6.92 Å². The number of pyridine rings is 1. The number of aryl methyl sites for hydroxylation is 1. The van der Waals surface area contributed by atoms with Gasteiger partial charge in [-0.2, -0.15) is 5.10 Å². The molecule has 0 aliphatic heterocycles. The van der Waals surface area contributed by atoms with Crippen LogP contribution in [0.1, 0.15) is 11.1 Å². The van der Waals surface area contributed by atoms with Crippen LogP contribution in [0.4, 0.5) is 5.69 Å². The summed E-state index contributed by atoms with van der Waals surface area (Å²) in [6.45, 7) is 2.04. The maximum Gasteiger partial charge on any atom is 0.191 e. The molecule has 4 nitrogen and oxygen atoms in total. The molecular formula is C14H14N4S. The highest BCUT2D eigenvalue weighted by molar-refractivity contribution is 7.80. The number of rotatable bonds is 3. The van der Waals surface area contributed by atoms with Crippen LogP contribution < -0.4 is 10.7 Å². The first-order valence-electron chi connectivity index (χ1n) is 5.81. The van der Waals surface area contributed by atoms with Gasteiger partial charge < -0.3 is 5.32 Å². The van der Waals surface area contributed by atoms with E-state index in [0.717, 1.165) is 11.3 Å². The molecule has 2 rings (SSSR count). The summed E-state index contributed by atoms with van der Waals surface area (Å²) in [5, 5.41) is 7.53. The topological polar surface area (TPSA) is 49.3 Å². The van der Waals surface area contributed by atoms with Gasteiger partial charge in [-0.05, 0) is 37.3 Å². The van der Waals surface area contributed by atoms with Gasteiger partial charge in [-0.3, -0.25) is 10.4 Å². The summed E-state index contributed by atoms with van der Waals surface area (Å²) in [7, 11) is 0. The van der Waals surface area contributed by atoms with E-state index in [4.69, 9.17) is 12.2 Å². The van der Waals surface area contributed by atoms with Crippen LogP contribution >= 0.6 is 12.2 Å². The second-order valence-corrected chi connectivity index (χ2v) is 4.38. The van der Waals surface area contributed by atoms with E-state index in [9.17, 15) is 0 Å². The molecule has 2 aromatic rings. The lowest BCUT2D eigenvalue weighted by Crippen LogP contribution is -2.23. The Morgan fingerprint density at radius 1 is 1.26 bits per heavy atom. The van der Waals surface area contributed by atoms with Crippen molar-refractivity contribution in [3.05, 3.63) is 59.9 Å². The number of nitrogens with one attached hydrogen (secondary N) is 2. The van der Waals surface area contributed by atoms with E-state index < -0.39 is 0 Å². The summed E-state index contributed by atoms with van der Waals surface area (Å²) < 4.78 is 0. The fourth-order valence-corrected chi connectivity index (χ4v) is 1.58. The molecule has 0 spiro atoms. The summed E-state index contributed by atoms with van der Waals surface area (Å²) in [5.74, 6) is 0. The molecular weight excluding hydrogens is 256 g/mol. The molecule has 1 aromatic carbocycles. The van der Waals surface area contributed by atoms with E-state index in [1.165, 1.54) is 5.56 Å². The van der Waals surface area contributed by atoms with Crippen molar-refractivity contribution >= 4 is 29.2 Å². The van der Waals surface area contributed by atoms with Crippen molar-refractivity contribution in [2.24, 2.45) is 5.10 Å². The molecule has 2 N–H and O–H groups in total. The average molecular weight is 270 g/mol. The molecule has 96 valence electrons. The highest BCUT2D eigenvalue weighted by atomic mass is 32.1. The molecule has 0 unspecified atom stereocenters. The van der Waals surface area contributed by atoms with Gasteiger partial charge in [-0.1, -0.05) is 23.8 Å². The Morgan fingerprint density at radius 2 is 2.05 bits per heavy atom. The zero-order chi connectivity index (χ0) is 13.5. The lowest BCUT2D eigenvalue weighted by molar-refractivity contribution is 1.05. The van der Waals surface area contributed by atoms with E-state index in [-0.39, 0.29) is 0 Å². The molecule has 1 heterocycles. The van der Waals surface area contributed by atoms with Gasteiger partial charge in [0.15, 0.2) is 5.11 Å². The number of hydrogen-bond acceptors (Lipinski definition) is 3. The van der Waals surface area contributed by atoms with E-state index >= 15 is 0 Å². The van der Waals surface area contributed by atoms with Gasteiger partial charge in [0.2, 0.25) is 0 Å². The van der Waals surface area contributed by atoms with E-state index in [1.54, 1.807) is 18.6 Å². The maximum absolute atomic E-state index is 5.13. The molecule has 19 heavy (non-hydrogen) atoms. The van der Waals surface area contributed by atoms with Gasteiger partial charge in [0.25, 0.3) is 0 Å². The summed E-state index contributed by atoms with van der Waals surface area (Å²) in [4.78, 5) is 3.99. The van der Waals surface area contributed by atoms with Gasteiger partial charge in [0, 0.05) is 23.6 Å². The number of hydrogen-bond donors (Lipinski definition) is 2. The molecule has 0 saturated carbocycles. The Morgan fingerprint density at radius 3 is 2.74 bits per heavy atom. The fourth-order valence-electron chi connectivity index (χ4n) is 1.41. The zero-order valence-electron chi connectivity index (χ0n) is 10.5. The van der Waals surface area contributed by atoms with Gasteiger partial charge in [0.1, 0.15) is 0 Å². The zero-order valence-corrected chi connectivity index (χ0v) is 11.3. The van der Waals surface area contributed by atoms with Crippen molar-refractivity contribution < 1.29 is 0 Å². The van der Waals surface area contributed by atoms with Crippen molar-refractivity contribution in [3.63, 3.8) is 0 Å². The summed E-state index contributed by atoms with van der Waals surface area (Å²) in [5.41, 5.74) is 5.80. The molecule has 0 bridgehead atoms. The molecule has 0 amide bonds. The number of benzene rings is 1. The smallest absolute Gasteiger partial charge is 0.191 e. The monoisotopic (exact) mass is 270 g/mol. The lowest BCUT2D eigenvalue weighted by Gasteiger charge is -2.06. The maximum atomic E-state index is 5.13. The summed E-state index contributed by atoms with van der Waals surface area (Å²) in [6, 6.07) is 11.7. The Balaban J connectivity index is 1.85. The normalized spacial score (nSPS) is 10.4. The van der Waals surface area contributed by atoms with Crippen molar-refractivity contribution in [2.75, 3.05) is 5.32 Å². The quantitative estimate of drug-likeness (QED) is 0.511. The minimum absolute atomic E-state index is 0.448. The van der Waals surface area contributed by atoms with Crippen LogP contribution in [0, 0.1) is 6.92 Å². The largest absolute Gasteiger partial charge is 0.331 e. The van der Waals surface area contributed by atoms with Crippen LogP contribution in [0.25, 0.3) is 0 Å². The van der Waals surface area contributed by atoms with Crippen LogP contribution in [-0.4, -0.2) is 16.3 Å². The average Bonchev–Trinajstić information content (AvgIpc) is 2.43. The van der Waals surface area contributed by atoms with Gasteiger partial charge >= 0.3 is 0 Å². The second kappa shape index (κ2) is 6.61. The van der Waals surface area contributed by atoms with Crippen molar-refractivity contribution in [3.8, 4) is 0 Å². The predicted molar refractivity (Wildman–Crippen MR) is 82.4 cm³/mol. The fraction of sp³-hybridized carbons (Fsp3) is 0.0714. The molecule has 0 radical (unpaired) electrons. The van der Waals surface area contributed by atoms with Gasteiger partial charge in [-0.25, -0.2) is 0 Å². The van der Waals surface area contributed by atoms with Crippen LogP contribution in [-0.2, 0) is 0 Å². The van der Waals surface area contributed by atoms with Crippen molar-refractivity contribution in [1.29, 1.82) is 0 Å². The van der Waals surface area contributed by atoms with Gasteiger partial charge in [0.05, 0.1) is 6.21 Å². The SMILES string of the molecule is Cc1ccc(NC(=S)NN=Cc2cccnc2)cc1. The molecule has 0 aliphatic rings. The second-order valence-electron chi connectivity index (χ2n) is 3.98. The third-order valence-corrected chi connectivity index (χ3v) is 2.57. The number of aromatic nitrogens is 1. The van der Waals surface area contributed by atoms with Crippen LogP contribution in [0.5, 0.6) is 0 Å². The van der Waals surface area contributed by atoms with Crippen LogP contribution in [0.15, 0.2) is 53.9 Å². The van der Waals surface area contributed by atoms with Crippen LogP contribution in [0.3, 0.4) is 0 Å².